The number of nitrogens with zero attached hydrogens (tertiary/aromatic N) is 1. The molecule has 1 aromatic carbocycles. The molecule has 2 aromatic rings. The fraction of sp³-hybridized carbons (Fsp3) is 0.500. The number of oxazole rings is 1. The average Bonchev–Trinajstić information content (AvgIpc) is 2.79. The number of piperidine rings is 1. The molecule has 1 N–H and O–H groups in total. The summed E-state index contributed by atoms with van der Waals surface area (Å²) in [6.45, 7) is 2.30. The molecule has 0 amide bonds. The van der Waals surface area contributed by atoms with Crippen molar-refractivity contribution in [3.63, 3.8) is 0 Å². The van der Waals surface area contributed by atoms with E-state index in [4.69, 9.17) is 16.0 Å². The second-order valence-corrected chi connectivity index (χ2v) is 5.41. The zero-order valence-corrected chi connectivity index (χ0v) is 11.0. The molecule has 1 saturated heterocycles. The molecule has 1 atom stereocenters. The number of nitrogens with one attached hydrogen (secondary N) is 1. The lowest BCUT2D eigenvalue weighted by atomic mass is 9.95. The maximum atomic E-state index is 5.93. The van der Waals surface area contributed by atoms with E-state index in [9.17, 15) is 0 Å². The van der Waals surface area contributed by atoms with E-state index in [2.05, 4.69) is 10.3 Å². The summed E-state index contributed by atoms with van der Waals surface area (Å²) in [7, 11) is 0. The van der Waals surface area contributed by atoms with Gasteiger partial charge >= 0.3 is 0 Å². The number of halogens is 1. The van der Waals surface area contributed by atoms with Gasteiger partial charge in [0.05, 0.1) is 0 Å². The van der Waals surface area contributed by atoms with Crippen molar-refractivity contribution in [1.82, 2.24) is 10.3 Å². The van der Waals surface area contributed by atoms with Crippen molar-refractivity contribution in [1.29, 1.82) is 0 Å². The van der Waals surface area contributed by atoms with Crippen LogP contribution in [0.15, 0.2) is 22.6 Å². The lowest BCUT2D eigenvalue weighted by molar-refractivity contribution is 0.347. The summed E-state index contributed by atoms with van der Waals surface area (Å²) in [6.07, 6.45) is 4.67. The predicted molar refractivity (Wildman–Crippen MR) is 72.9 cm³/mol. The van der Waals surface area contributed by atoms with Crippen molar-refractivity contribution < 1.29 is 4.42 Å². The van der Waals surface area contributed by atoms with Crippen LogP contribution >= 0.6 is 11.6 Å². The Morgan fingerprint density at radius 3 is 3.22 bits per heavy atom. The molecule has 3 rings (SSSR count). The van der Waals surface area contributed by atoms with E-state index in [1.54, 1.807) is 0 Å². The van der Waals surface area contributed by atoms with Crippen LogP contribution in [0.4, 0.5) is 0 Å². The van der Waals surface area contributed by atoms with Gasteiger partial charge in [0, 0.05) is 17.5 Å². The first-order valence-corrected chi connectivity index (χ1v) is 6.95. The molecule has 0 bridgehead atoms. The lowest BCUT2D eigenvalue weighted by Gasteiger charge is -2.21. The quantitative estimate of drug-likeness (QED) is 0.923. The molecule has 1 aliphatic rings. The minimum absolute atomic E-state index is 0.696. The molecule has 0 radical (unpaired) electrons. The second-order valence-electron chi connectivity index (χ2n) is 4.97. The number of aryl methyl sites for hydroxylation is 1. The van der Waals surface area contributed by atoms with Gasteiger partial charge in [-0.3, -0.25) is 0 Å². The van der Waals surface area contributed by atoms with Crippen LogP contribution in [0, 0.1) is 5.92 Å². The van der Waals surface area contributed by atoms with Crippen molar-refractivity contribution in [3.8, 4) is 0 Å². The zero-order valence-electron chi connectivity index (χ0n) is 10.3. The third-order valence-corrected chi connectivity index (χ3v) is 3.80. The highest BCUT2D eigenvalue weighted by Gasteiger charge is 2.14. The first-order chi connectivity index (χ1) is 8.81. The molecule has 96 valence electrons. The molecular weight excluding hydrogens is 248 g/mol. The van der Waals surface area contributed by atoms with Gasteiger partial charge in [0.1, 0.15) is 5.52 Å². The smallest absolute Gasteiger partial charge is 0.195 e. The van der Waals surface area contributed by atoms with Crippen molar-refractivity contribution in [2.24, 2.45) is 5.92 Å². The van der Waals surface area contributed by atoms with Crippen molar-refractivity contribution in [2.75, 3.05) is 13.1 Å². The summed E-state index contributed by atoms with van der Waals surface area (Å²) in [5, 5.41) is 4.13. The highest BCUT2D eigenvalue weighted by Crippen LogP contribution is 2.22. The molecule has 1 fully saturated rings. The number of hydrogen-bond donors (Lipinski definition) is 1. The number of aromatic nitrogens is 1. The molecule has 0 saturated carbocycles. The standard InChI is InChI=1S/C14H17ClN2O/c15-11-4-5-12-13(8-11)18-14(17-12)6-3-10-2-1-7-16-9-10/h4-5,8,10,16H,1-3,6-7,9H2. The van der Waals surface area contributed by atoms with E-state index in [0.29, 0.717) is 5.02 Å². The minimum atomic E-state index is 0.696. The number of benzene rings is 1. The monoisotopic (exact) mass is 264 g/mol. The Kier molecular flexibility index (Phi) is 3.52. The molecule has 1 unspecified atom stereocenters. The molecule has 0 aliphatic carbocycles. The van der Waals surface area contributed by atoms with E-state index in [-0.39, 0.29) is 0 Å². The molecule has 2 heterocycles. The van der Waals surface area contributed by atoms with Crippen molar-refractivity contribution >= 4 is 22.7 Å². The fourth-order valence-electron chi connectivity index (χ4n) is 2.55. The summed E-state index contributed by atoms with van der Waals surface area (Å²) < 4.78 is 5.72. The maximum absolute atomic E-state index is 5.93. The highest BCUT2D eigenvalue weighted by molar-refractivity contribution is 6.31. The summed E-state index contributed by atoms with van der Waals surface area (Å²) in [6, 6.07) is 5.59. The van der Waals surface area contributed by atoms with Crippen molar-refractivity contribution in [2.45, 2.75) is 25.7 Å². The van der Waals surface area contributed by atoms with Crippen LogP contribution in [0.2, 0.25) is 5.02 Å². The van der Waals surface area contributed by atoms with Gasteiger partial charge in [0.2, 0.25) is 0 Å². The van der Waals surface area contributed by atoms with Crippen LogP contribution in [0.5, 0.6) is 0 Å². The molecule has 18 heavy (non-hydrogen) atoms. The van der Waals surface area contributed by atoms with Gasteiger partial charge < -0.3 is 9.73 Å². The number of fused-ring (bicyclic) bond motifs is 1. The Morgan fingerprint density at radius 2 is 2.39 bits per heavy atom. The van der Waals surface area contributed by atoms with Crippen LogP contribution < -0.4 is 5.32 Å². The average molecular weight is 265 g/mol. The van der Waals surface area contributed by atoms with E-state index in [1.807, 2.05) is 18.2 Å². The predicted octanol–water partition coefficient (Wildman–Crippen LogP) is 3.41. The molecule has 4 heteroatoms. The zero-order chi connectivity index (χ0) is 12.4. The Balaban J connectivity index is 1.67. The largest absolute Gasteiger partial charge is 0.441 e. The Labute approximate surface area is 112 Å². The molecular formula is C14H17ClN2O. The maximum Gasteiger partial charge on any atom is 0.195 e. The SMILES string of the molecule is Clc1ccc2nc(CCC3CCCNC3)oc2c1. The normalized spacial score (nSPS) is 20.4. The van der Waals surface area contributed by atoms with Gasteiger partial charge in [-0.15, -0.1) is 0 Å². The molecule has 0 spiro atoms. The van der Waals surface area contributed by atoms with E-state index >= 15 is 0 Å². The van der Waals surface area contributed by atoms with E-state index in [0.717, 1.165) is 48.8 Å². The van der Waals surface area contributed by atoms with Gasteiger partial charge in [-0.25, -0.2) is 4.98 Å². The topological polar surface area (TPSA) is 38.1 Å². The fourth-order valence-corrected chi connectivity index (χ4v) is 2.71. The van der Waals surface area contributed by atoms with E-state index in [1.165, 1.54) is 12.8 Å². The first-order valence-electron chi connectivity index (χ1n) is 6.57. The minimum Gasteiger partial charge on any atom is -0.441 e. The van der Waals surface area contributed by atoms with Crippen molar-refractivity contribution in [3.05, 3.63) is 29.1 Å². The van der Waals surface area contributed by atoms with Crippen LogP contribution in [0.3, 0.4) is 0 Å². The van der Waals surface area contributed by atoms with Gasteiger partial charge in [-0.1, -0.05) is 11.6 Å². The molecule has 1 aromatic heterocycles. The summed E-state index contributed by atoms with van der Waals surface area (Å²) in [4.78, 5) is 4.49. The van der Waals surface area contributed by atoms with Crippen LogP contribution in [0.1, 0.15) is 25.2 Å². The third kappa shape index (κ3) is 2.68. The summed E-state index contributed by atoms with van der Waals surface area (Å²) in [5.74, 6) is 1.59. The number of rotatable bonds is 3. The van der Waals surface area contributed by atoms with Gasteiger partial charge in [-0.05, 0) is 50.4 Å². The highest BCUT2D eigenvalue weighted by atomic mass is 35.5. The second kappa shape index (κ2) is 5.29. The van der Waals surface area contributed by atoms with Gasteiger partial charge in [0.15, 0.2) is 11.5 Å². The Bertz CT molecular complexity index is 532. The Hall–Kier alpha value is -1.06. The number of hydrogen-bond acceptors (Lipinski definition) is 3. The van der Waals surface area contributed by atoms with Crippen LogP contribution in [-0.4, -0.2) is 18.1 Å². The Morgan fingerprint density at radius 1 is 1.44 bits per heavy atom. The third-order valence-electron chi connectivity index (χ3n) is 3.56. The lowest BCUT2D eigenvalue weighted by Crippen LogP contribution is -2.29. The van der Waals surface area contributed by atoms with Crippen LogP contribution in [0.25, 0.3) is 11.1 Å². The summed E-state index contributed by atoms with van der Waals surface area (Å²) in [5.41, 5.74) is 1.69. The van der Waals surface area contributed by atoms with E-state index < -0.39 is 0 Å². The van der Waals surface area contributed by atoms with Gasteiger partial charge in [0.25, 0.3) is 0 Å². The summed E-state index contributed by atoms with van der Waals surface area (Å²) >= 11 is 5.93. The van der Waals surface area contributed by atoms with Gasteiger partial charge in [-0.2, -0.15) is 0 Å². The molecule has 3 nitrogen and oxygen atoms in total. The first kappa shape index (κ1) is 12.0. The molecule has 1 aliphatic heterocycles. The van der Waals surface area contributed by atoms with Crippen LogP contribution in [-0.2, 0) is 6.42 Å².